The molecule has 0 amide bonds. The Morgan fingerprint density at radius 3 is 2.65 bits per heavy atom. The van der Waals surface area contributed by atoms with Crippen LogP contribution in [-0.2, 0) is 16.6 Å². The Hall–Kier alpha value is -2.12. The lowest BCUT2D eigenvalue weighted by atomic mass is 10.2. The molecule has 0 fully saturated rings. The van der Waals surface area contributed by atoms with Crippen molar-refractivity contribution >= 4 is 16.0 Å². The number of nitrogens with one attached hydrogen (secondary N) is 1. The maximum atomic E-state index is 12.0. The fourth-order valence-corrected chi connectivity index (χ4v) is 2.66. The van der Waals surface area contributed by atoms with Crippen molar-refractivity contribution in [1.29, 1.82) is 0 Å². The molecule has 1 heterocycles. The quantitative estimate of drug-likeness (QED) is 0.876. The predicted molar refractivity (Wildman–Crippen MR) is 70.9 cm³/mol. The summed E-state index contributed by atoms with van der Waals surface area (Å²) in [6.45, 7) is 1.77. The number of carboxylic acid groups (broad SMARTS) is 1. The number of sulfonamides is 1. The number of hydrogen-bond donors (Lipinski definition) is 2. The molecule has 0 spiro atoms. The van der Waals surface area contributed by atoms with E-state index in [1.807, 2.05) is 0 Å². The molecular weight excluding hydrogens is 282 g/mol. The molecule has 1 aromatic carbocycles. The molecule has 1 aromatic heterocycles. The van der Waals surface area contributed by atoms with E-state index in [2.05, 4.69) is 4.72 Å². The Balaban J connectivity index is 2.17. The molecule has 0 aliphatic rings. The van der Waals surface area contributed by atoms with Crippen molar-refractivity contribution in [2.24, 2.45) is 0 Å². The molecule has 0 unspecified atom stereocenters. The van der Waals surface area contributed by atoms with Gasteiger partial charge in [-0.2, -0.15) is 0 Å². The molecule has 0 bridgehead atoms. The van der Waals surface area contributed by atoms with Crippen LogP contribution in [0, 0.1) is 6.92 Å². The minimum atomic E-state index is -3.78. The van der Waals surface area contributed by atoms with Crippen LogP contribution in [0.3, 0.4) is 0 Å². The van der Waals surface area contributed by atoms with E-state index in [0.29, 0.717) is 11.5 Å². The largest absolute Gasteiger partial charge is 0.478 e. The van der Waals surface area contributed by atoms with Gasteiger partial charge in [-0.15, -0.1) is 0 Å². The average molecular weight is 295 g/mol. The summed E-state index contributed by atoms with van der Waals surface area (Å²) in [6.07, 6.45) is 0. The first-order chi connectivity index (χ1) is 9.38. The van der Waals surface area contributed by atoms with Crippen LogP contribution in [0.2, 0.25) is 0 Å². The molecule has 20 heavy (non-hydrogen) atoms. The molecule has 0 atom stereocenters. The minimum absolute atomic E-state index is 0.00741. The molecule has 0 aliphatic carbocycles. The normalized spacial score (nSPS) is 11.4. The summed E-state index contributed by atoms with van der Waals surface area (Å²) in [6, 6.07) is 8.56. The highest BCUT2D eigenvalue weighted by Crippen LogP contribution is 2.13. The van der Waals surface area contributed by atoms with Gasteiger partial charge in [0.05, 0.1) is 17.0 Å². The average Bonchev–Trinajstić information content (AvgIpc) is 2.82. The highest BCUT2D eigenvalue weighted by atomic mass is 32.2. The van der Waals surface area contributed by atoms with E-state index in [1.165, 1.54) is 18.2 Å². The smallest absolute Gasteiger partial charge is 0.335 e. The fraction of sp³-hybridized carbons (Fsp3) is 0.154. The van der Waals surface area contributed by atoms with Crippen LogP contribution in [-0.4, -0.2) is 19.5 Å². The van der Waals surface area contributed by atoms with Gasteiger partial charge < -0.3 is 9.52 Å². The monoisotopic (exact) mass is 295 g/mol. The molecule has 0 saturated heterocycles. The minimum Gasteiger partial charge on any atom is -0.478 e. The second-order valence-corrected chi connectivity index (χ2v) is 5.94. The Kier molecular flexibility index (Phi) is 3.91. The Bertz CT molecular complexity index is 733. The Morgan fingerprint density at radius 1 is 1.30 bits per heavy atom. The van der Waals surface area contributed by atoms with Gasteiger partial charge in [0, 0.05) is 0 Å². The van der Waals surface area contributed by atoms with Gasteiger partial charge in [-0.3, -0.25) is 0 Å². The molecule has 7 heteroatoms. The standard InChI is InChI=1S/C13H13NO5S/c1-9-5-6-11(19-9)8-14-20(17,18)12-4-2-3-10(7-12)13(15)16/h2-7,14H,8H2,1H3,(H,15,16). The summed E-state index contributed by atoms with van der Waals surface area (Å²) < 4.78 is 31.7. The number of hydrogen-bond acceptors (Lipinski definition) is 4. The van der Waals surface area contributed by atoms with Gasteiger partial charge in [-0.05, 0) is 37.3 Å². The van der Waals surface area contributed by atoms with Crippen molar-refractivity contribution in [2.75, 3.05) is 0 Å². The molecule has 0 radical (unpaired) electrons. The van der Waals surface area contributed by atoms with Crippen LogP contribution in [0.5, 0.6) is 0 Å². The van der Waals surface area contributed by atoms with Crippen LogP contribution in [0.25, 0.3) is 0 Å². The van der Waals surface area contributed by atoms with Crippen LogP contribution >= 0.6 is 0 Å². The zero-order valence-electron chi connectivity index (χ0n) is 10.7. The van der Waals surface area contributed by atoms with Crippen molar-refractivity contribution in [1.82, 2.24) is 4.72 Å². The first-order valence-electron chi connectivity index (χ1n) is 5.77. The van der Waals surface area contributed by atoms with Crippen molar-refractivity contribution in [2.45, 2.75) is 18.4 Å². The van der Waals surface area contributed by atoms with Crippen molar-refractivity contribution < 1.29 is 22.7 Å². The lowest BCUT2D eigenvalue weighted by Crippen LogP contribution is -2.23. The zero-order valence-corrected chi connectivity index (χ0v) is 11.5. The maximum absolute atomic E-state index is 12.0. The zero-order chi connectivity index (χ0) is 14.8. The second-order valence-electron chi connectivity index (χ2n) is 4.17. The van der Waals surface area contributed by atoms with Crippen molar-refractivity contribution in [3.8, 4) is 0 Å². The molecule has 2 N–H and O–H groups in total. The van der Waals surface area contributed by atoms with Crippen LogP contribution in [0.4, 0.5) is 0 Å². The lowest BCUT2D eigenvalue weighted by molar-refractivity contribution is 0.0696. The van der Waals surface area contributed by atoms with Crippen LogP contribution in [0.1, 0.15) is 21.9 Å². The van der Waals surface area contributed by atoms with Crippen LogP contribution in [0.15, 0.2) is 45.7 Å². The summed E-state index contributed by atoms with van der Waals surface area (Å²) >= 11 is 0. The first-order valence-corrected chi connectivity index (χ1v) is 7.25. The summed E-state index contributed by atoms with van der Waals surface area (Å²) in [5, 5.41) is 8.86. The van der Waals surface area contributed by atoms with Gasteiger partial charge in [-0.1, -0.05) is 6.07 Å². The molecule has 2 rings (SSSR count). The van der Waals surface area contributed by atoms with Gasteiger partial charge in [0.15, 0.2) is 0 Å². The highest BCUT2D eigenvalue weighted by molar-refractivity contribution is 7.89. The topological polar surface area (TPSA) is 96.6 Å². The number of aryl methyl sites for hydroxylation is 1. The van der Waals surface area contributed by atoms with E-state index in [-0.39, 0.29) is 17.0 Å². The van der Waals surface area contributed by atoms with Gasteiger partial charge in [0.25, 0.3) is 0 Å². The third kappa shape index (κ3) is 3.25. The summed E-state index contributed by atoms with van der Waals surface area (Å²) in [4.78, 5) is 10.7. The number of carboxylic acids is 1. The summed E-state index contributed by atoms with van der Waals surface area (Å²) in [5.74, 6) is -0.00348. The second kappa shape index (κ2) is 5.48. The molecule has 0 saturated carbocycles. The van der Waals surface area contributed by atoms with E-state index < -0.39 is 16.0 Å². The molecule has 6 nitrogen and oxygen atoms in total. The Morgan fingerprint density at radius 2 is 2.05 bits per heavy atom. The third-order valence-corrected chi connectivity index (χ3v) is 4.02. The van der Waals surface area contributed by atoms with Gasteiger partial charge in [0.2, 0.25) is 10.0 Å². The summed E-state index contributed by atoms with van der Waals surface area (Å²) in [7, 11) is -3.78. The molecule has 106 valence electrons. The summed E-state index contributed by atoms with van der Waals surface area (Å²) in [5.41, 5.74) is -0.0817. The number of carbonyl (C=O) groups is 1. The van der Waals surface area contributed by atoms with Gasteiger partial charge in [0.1, 0.15) is 11.5 Å². The lowest BCUT2D eigenvalue weighted by Gasteiger charge is -2.06. The number of furan rings is 1. The molecular formula is C13H13NO5S. The van der Waals surface area contributed by atoms with Gasteiger partial charge in [-0.25, -0.2) is 17.9 Å². The van der Waals surface area contributed by atoms with E-state index in [0.717, 1.165) is 6.07 Å². The number of aromatic carboxylic acids is 1. The van der Waals surface area contributed by atoms with Gasteiger partial charge >= 0.3 is 5.97 Å². The van der Waals surface area contributed by atoms with Crippen LogP contribution < -0.4 is 4.72 Å². The van der Waals surface area contributed by atoms with Crippen molar-refractivity contribution in [3.05, 3.63) is 53.5 Å². The number of benzene rings is 1. The Labute approximate surface area is 116 Å². The van der Waals surface area contributed by atoms with E-state index >= 15 is 0 Å². The maximum Gasteiger partial charge on any atom is 0.335 e. The van der Waals surface area contributed by atoms with E-state index in [1.54, 1.807) is 19.1 Å². The third-order valence-electron chi connectivity index (χ3n) is 2.62. The SMILES string of the molecule is Cc1ccc(CNS(=O)(=O)c2cccc(C(=O)O)c2)o1. The molecule has 2 aromatic rings. The van der Waals surface area contributed by atoms with E-state index in [9.17, 15) is 13.2 Å². The fourth-order valence-electron chi connectivity index (χ4n) is 1.63. The van der Waals surface area contributed by atoms with E-state index in [4.69, 9.17) is 9.52 Å². The first kappa shape index (κ1) is 14.3. The predicted octanol–water partition coefficient (Wildman–Crippen LogP) is 1.76. The molecule has 0 aliphatic heterocycles. The van der Waals surface area contributed by atoms with Crippen molar-refractivity contribution in [3.63, 3.8) is 0 Å². The number of rotatable bonds is 5. The highest BCUT2D eigenvalue weighted by Gasteiger charge is 2.16.